The van der Waals surface area contributed by atoms with Gasteiger partial charge in [0.2, 0.25) is 11.8 Å². The van der Waals surface area contributed by atoms with Crippen LogP contribution in [-0.4, -0.2) is 27.6 Å². The summed E-state index contributed by atoms with van der Waals surface area (Å²) in [6.07, 6.45) is 0. The van der Waals surface area contributed by atoms with E-state index < -0.39 is 10.0 Å². The third kappa shape index (κ3) is 2.98. The molecule has 2 aromatic carbocycles. The van der Waals surface area contributed by atoms with Gasteiger partial charge in [-0.25, -0.2) is 8.42 Å². The Balaban J connectivity index is 2.06. The Labute approximate surface area is 140 Å². The van der Waals surface area contributed by atoms with Gasteiger partial charge in [0, 0.05) is 11.5 Å². The predicted octanol–water partition coefficient (Wildman–Crippen LogP) is 3.05. The molecule has 0 aliphatic carbocycles. The van der Waals surface area contributed by atoms with Gasteiger partial charge in [-0.1, -0.05) is 36.4 Å². The van der Waals surface area contributed by atoms with Crippen molar-refractivity contribution >= 4 is 26.5 Å². The van der Waals surface area contributed by atoms with Crippen molar-refractivity contribution in [3.8, 4) is 11.8 Å². The molecule has 0 unspecified atom stereocenters. The lowest BCUT2D eigenvalue weighted by Gasteiger charge is -2.13. The van der Waals surface area contributed by atoms with Crippen LogP contribution in [0.15, 0.2) is 59.5 Å². The predicted molar refractivity (Wildman–Crippen MR) is 92.1 cm³/mol. The molecule has 3 aromatic rings. The van der Waals surface area contributed by atoms with Gasteiger partial charge in [0.25, 0.3) is 10.0 Å². The van der Waals surface area contributed by atoms with E-state index in [2.05, 4.69) is 9.71 Å². The molecule has 0 aliphatic rings. The van der Waals surface area contributed by atoms with Crippen LogP contribution in [0.2, 0.25) is 0 Å². The summed E-state index contributed by atoms with van der Waals surface area (Å²) in [5.41, 5.74) is 0.242. The first-order valence-corrected chi connectivity index (χ1v) is 8.63. The van der Waals surface area contributed by atoms with E-state index in [1.165, 1.54) is 14.2 Å². The van der Waals surface area contributed by atoms with Crippen molar-refractivity contribution in [1.29, 1.82) is 0 Å². The van der Waals surface area contributed by atoms with Gasteiger partial charge in [-0.15, -0.1) is 0 Å². The lowest BCUT2D eigenvalue weighted by Crippen LogP contribution is -2.14. The first kappa shape index (κ1) is 16.1. The van der Waals surface area contributed by atoms with Gasteiger partial charge in [-0.3, -0.25) is 4.72 Å². The van der Waals surface area contributed by atoms with Gasteiger partial charge in [-0.05, 0) is 17.5 Å². The average molecular weight is 344 g/mol. The zero-order valence-corrected chi connectivity index (χ0v) is 14.0. The minimum Gasteiger partial charge on any atom is -0.481 e. The van der Waals surface area contributed by atoms with Gasteiger partial charge in [0.15, 0.2) is 0 Å². The second-order valence-electron chi connectivity index (χ2n) is 4.99. The lowest BCUT2D eigenvalue weighted by atomic mass is 10.1. The highest BCUT2D eigenvalue weighted by Crippen LogP contribution is 2.29. The van der Waals surface area contributed by atoms with Crippen LogP contribution < -0.4 is 14.2 Å². The van der Waals surface area contributed by atoms with Gasteiger partial charge in [0.1, 0.15) is 5.69 Å². The fourth-order valence-corrected chi connectivity index (χ4v) is 3.69. The third-order valence-electron chi connectivity index (χ3n) is 3.52. The third-order valence-corrected chi connectivity index (χ3v) is 4.94. The largest absolute Gasteiger partial charge is 0.481 e. The Morgan fingerprint density at radius 1 is 0.917 bits per heavy atom. The van der Waals surface area contributed by atoms with E-state index in [0.717, 1.165) is 5.39 Å². The molecule has 1 heterocycles. The molecule has 124 valence electrons. The van der Waals surface area contributed by atoms with E-state index in [1.807, 2.05) is 18.2 Å². The quantitative estimate of drug-likeness (QED) is 0.770. The van der Waals surface area contributed by atoms with Crippen molar-refractivity contribution in [3.05, 3.63) is 54.6 Å². The summed E-state index contributed by atoms with van der Waals surface area (Å²) >= 11 is 0. The molecule has 0 bridgehead atoms. The molecule has 1 N–H and O–H groups in total. The Morgan fingerprint density at radius 3 is 2.42 bits per heavy atom. The van der Waals surface area contributed by atoms with Gasteiger partial charge in [-0.2, -0.15) is 4.98 Å². The fourth-order valence-electron chi connectivity index (χ4n) is 2.40. The molecule has 6 nitrogen and oxygen atoms in total. The number of ether oxygens (including phenoxy) is 2. The number of anilines is 1. The number of methoxy groups -OCH3 is 2. The number of rotatable bonds is 5. The zero-order chi connectivity index (χ0) is 17.2. The Morgan fingerprint density at radius 2 is 1.67 bits per heavy atom. The van der Waals surface area contributed by atoms with E-state index in [1.54, 1.807) is 36.4 Å². The molecular weight excluding hydrogens is 328 g/mol. The van der Waals surface area contributed by atoms with Crippen molar-refractivity contribution in [2.24, 2.45) is 0 Å². The topological polar surface area (TPSA) is 77.5 Å². The van der Waals surface area contributed by atoms with E-state index in [-0.39, 0.29) is 16.5 Å². The summed E-state index contributed by atoms with van der Waals surface area (Å²) in [6, 6.07) is 15.5. The molecule has 0 spiro atoms. The summed E-state index contributed by atoms with van der Waals surface area (Å²) in [5.74, 6) is 0.470. The number of hydrogen-bond acceptors (Lipinski definition) is 5. The van der Waals surface area contributed by atoms with Crippen molar-refractivity contribution in [2.45, 2.75) is 4.90 Å². The van der Waals surface area contributed by atoms with E-state index in [0.29, 0.717) is 11.3 Å². The highest BCUT2D eigenvalue weighted by Gasteiger charge is 2.20. The van der Waals surface area contributed by atoms with Gasteiger partial charge in [0.05, 0.1) is 19.1 Å². The van der Waals surface area contributed by atoms with Crippen LogP contribution in [0.5, 0.6) is 11.8 Å². The molecule has 24 heavy (non-hydrogen) atoms. The van der Waals surface area contributed by atoms with Crippen LogP contribution in [0.4, 0.5) is 5.69 Å². The number of nitrogens with one attached hydrogen (secondary N) is 1. The minimum absolute atomic E-state index is 0.137. The number of pyridine rings is 1. The highest BCUT2D eigenvalue weighted by atomic mass is 32.2. The second-order valence-corrected chi connectivity index (χ2v) is 6.64. The molecular formula is C17H16N2O4S. The van der Waals surface area contributed by atoms with Gasteiger partial charge < -0.3 is 9.47 Å². The maximum Gasteiger partial charge on any atom is 0.262 e. The summed E-state index contributed by atoms with van der Waals surface area (Å²) in [4.78, 5) is 4.27. The summed E-state index contributed by atoms with van der Waals surface area (Å²) in [7, 11) is -0.915. The van der Waals surface area contributed by atoms with Crippen LogP contribution in [0, 0.1) is 0 Å². The Kier molecular flexibility index (Phi) is 4.26. The minimum atomic E-state index is -3.80. The van der Waals surface area contributed by atoms with E-state index in [4.69, 9.17) is 9.47 Å². The number of aromatic nitrogens is 1. The molecule has 0 saturated carbocycles. The standard InChI is InChI=1S/C17H16N2O4S/c1-22-16-11-10-14(17(18-16)23-2)19-24(20,21)15-9-5-7-12-6-3-4-8-13(12)15/h3-11,19H,1-2H3. The smallest absolute Gasteiger partial charge is 0.262 e. The number of sulfonamides is 1. The Bertz CT molecular complexity index is 982. The van der Waals surface area contributed by atoms with Crippen molar-refractivity contribution in [1.82, 2.24) is 4.98 Å². The van der Waals surface area contributed by atoms with Crippen molar-refractivity contribution in [2.75, 3.05) is 18.9 Å². The zero-order valence-electron chi connectivity index (χ0n) is 13.2. The highest BCUT2D eigenvalue weighted by molar-refractivity contribution is 7.93. The molecule has 0 amide bonds. The molecule has 7 heteroatoms. The monoisotopic (exact) mass is 344 g/mol. The van der Waals surface area contributed by atoms with E-state index >= 15 is 0 Å². The maximum absolute atomic E-state index is 12.8. The van der Waals surface area contributed by atoms with Crippen LogP contribution >= 0.6 is 0 Å². The number of benzene rings is 2. The van der Waals surface area contributed by atoms with Gasteiger partial charge >= 0.3 is 0 Å². The SMILES string of the molecule is COc1ccc(NS(=O)(=O)c2cccc3ccccc23)c(OC)n1. The van der Waals surface area contributed by atoms with Crippen molar-refractivity contribution in [3.63, 3.8) is 0 Å². The molecule has 0 radical (unpaired) electrons. The molecule has 1 aromatic heterocycles. The lowest BCUT2D eigenvalue weighted by molar-refractivity contribution is 0.366. The van der Waals surface area contributed by atoms with Crippen LogP contribution in [0.1, 0.15) is 0 Å². The molecule has 0 saturated heterocycles. The number of nitrogens with zero attached hydrogens (tertiary/aromatic N) is 1. The fraction of sp³-hybridized carbons (Fsp3) is 0.118. The molecule has 0 aliphatic heterocycles. The molecule has 3 rings (SSSR count). The van der Waals surface area contributed by atoms with Crippen LogP contribution in [0.25, 0.3) is 10.8 Å². The van der Waals surface area contributed by atoms with E-state index in [9.17, 15) is 8.42 Å². The summed E-state index contributed by atoms with van der Waals surface area (Å²) in [6.45, 7) is 0. The molecule has 0 fully saturated rings. The first-order valence-electron chi connectivity index (χ1n) is 7.15. The second kappa shape index (κ2) is 6.37. The molecule has 0 atom stereocenters. The van der Waals surface area contributed by atoms with Crippen molar-refractivity contribution < 1.29 is 17.9 Å². The van der Waals surface area contributed by atoms with Crippen LogP contribution in [-0.2, 0) is 10.0 Å². The Hall–Kier alpha value is -2.80. The first-order chi connectivity index (χ1) is 11.5. The van der Waals surface area contributed by atoms with Crippen LogP contribution in [0.3, 0.4) is 0 Å². The average Bonchev–Trinajstić information content (AvgIpc) is 2.61. The maximum atomic E-state index is 12.8. The number of hydrogen-bond donors (Lipinski definition) is 1. The number of fused-ring (bicyclic) bond motifs is 1. The summed E-state index contributed by atoms with van der Waals surface area (Å²) in [5, 5.41) is 1.49. The summed E-state index contributed by atoms with van der Waals surface area (Å²) < 4.78 is 38.3. The normalized spacial score (nSPS) is 11.2.